The molecule has 0 aliphatic heterocycles. The second-order valence-corrected chi connectivity index (χ2v) is 12.8. The third kappa shape index (κ3) is 7.72. The molecule has 0 fully saturated rings. The molecule has 3 aromatic carbocycles. The second-order valence-electron chi connectivity index (χ2n) is 11.0. The highest BCUT2D eigenvalue weighted by atomic mass is 32.2. The van der Waals surface area contributed by atoms with Gasteiger partial charge in [-0.1, -0.05) is 80.1 Å². The van der Waals surface area contributed by atoms with Gasteiger partial charge in [0, 0.05) is 12.1 Å². The van der Waals surface area contributed by atoms with E-state index in [0.717, 1.165) is 16.7 Å². The van der Waals surface area contributed by atoms with Crippen molar-refractivity contribution in [3.63, 3.8) is 0 Å². The lowest BCUT2D eigenvalue weighted by atomic mass is 10.1. The molecule has 0 spiro atoms. The maximum atomic E-state index is 14.2. The minimum atomic E-state index is -4.10. The summed E-state index contributed by atoms with van der Waals surface area (Å²) in [7, 11) is -4.10. The third-order valence-corrected chi connectivity index (χ3v) is 8.38. The number of carbonyl (C=O) groups excluding carboxylic acids is 2. The van der Waals surface area contributed by atoms with Gasteiger partial charge >= 0.3 is 0 Å². The molecule has 7 nitrogen and oxygen atoms in total. The third-order valence-electron chi connectivity index (χ3n) is 6.61. The summed E-state index contributed by atoms with van der Waals surface area (Å²) < 4.78 is 29.3. The van der Waals surface area contributed by atoms with Crippen molar-refractivity contribution in [3.05, 3.63) is 95.6 Å². The lowest BCUT2D eigenvalue weighted by molar-refractivity contribution is -0.141. The Kier molecular flexibility index (Phi) is 10.1. The van der Waals surface area contributed by atoms with Crippen LogP contribution in [-0.2, 0) is 32.6 Å². The lowest BCUT2D eigenvalue weighted by Gasteiger charge is -2.35. The fraction of sp³-hybridized carbons (Fsp3) is 0.375. The van der Waals surface area contributed by atoms with Crippen molar-refractivity contribution >= 4 is 27.5 Å². The van der Waals surface area contributed by atoms with Crippen molar-refractivity contribution in [2.24, 2.45) is 0 Å². The number of benzene rings is 3. The Balaban J connectivity index is 2.10. The fourth-order valence-corrected chi connectivity index (χ4v) is 6.01. The van der Waals surface area contributed by atoms with Crippen LogP contribution in [0.5, 0.6) is 0 Å². The number of anilines is 1. The SMILES string of the molecule is CCc1ccccc1N(CC(=O)N(Cc1ccccc1)[C@H](CC)C(=O)NC(C)(C)C)S(=O)(=O)c1ccc(C)cc1. The summed E-state index contributed by atoms with van der Waals surface area (Å²) >= 11 is 0. The molecule has 2 amide bonds. The molecule has 214 valence electrons. The summed E-state index contributed by atoms with van der Waals surface area (Å²) in [5, 5.41) is 2.99. The summed E-state index contributed by atoms with van der Waals surface area (Å²) in [6.45, 7) is 11.1. The number of amides is 2. The Bertz CT molecular complexity index is 1400. The van der Waals surface area contributed by atoms with Gasteiger partial charge in [-0.15, -0.1) is 0 Å². The normalized spacial score (nSPS) is 12.4. The summed E-state index contributed by atoms with van der Waals surface area (Å²) in [6, 6.07) is 22.4. The number of aryl methyl sites for hydroxylation is 2. The van der Waals surface area contributed by atoms with Gasteiger partial charge in [0.15, 0.2) is 0 Å². The maximum Gasteiger partial charge on any atom is 0.264 e. The minimum absolute atomic E-state index is 0.101. The number of carbonyl (C=O) groups is 2. The van der Waals surface area contributed by atoms with Crippen molar-refractivity contribution < 1.29 is 18.0 Å². The van der Waals surface area contributed by atoms with E-state index in [9.17, 15) is 18.0 Å². The van der Waals surface area contributed by atoms with E-state index in [1.165, 1.54) is 9.21 Å². The quantitative estimate of drug-likeness (QED) is 0.335. The molecule has 0 aromatic heterocycles. The molecule has 0 saturated carbocycles. The van der Waals surface area contributed by atoms with Gasteiger partial charge in [-0.25, -0.2) is 8.42 Å². The van der Waals surface area contributed by atoms with Gasteiger partial charge in [-0.3, -0.25) is 13.9 Å². The Labute approximate surface area is 239 Å². The predicted molar refractivity (Wildman–Crippen MR) is 160 cm³/mol. The zero-order valence-corrected chi connectivity index (χ0v) is 25.2. The van der Waals surface area contributed by atoms with Crippen LogP contribution in [0.1, 0.15) is 57.7 Å². The molecule has 1 N–H and O–H groups in total. The van der Waals surface area contributed by atoms with Gasteiger partial charge in [-0.2, -0.15) is 0 Å². The molecule has 3 rings (SSSR count). The number of nitrogens with one attached hydrogen (secondary N) is 1. The van der Waals surface area contributed by atoms with Gasteiger partial charge in [0.1, 0.15) is 12.6 Å². The highest BCUT2D eigenvalue weighted by molar-refractivity contribution is 7.92. The molecule has 3 aromatic rings. The van der Waals surface area contributed by atoms with Crippen molar-refractivity contribution in [1.82, 2.24) is 10.2 Å². The van der Waals surface area contributed by atoms with E-state index in [2.05, 4.69) is 5.32 Å². The molecule has 0 heterocycles. The lowest BCUT2D eigenvalue weighted by Crippen LogP contribution is -2.55. The smallest absolute Gasteiger partial charge is 0.264 e. The summed E-state index contributed by atoms with van der Waals surface area (Å²) in [4.78, 5) is 29.2. The first-order valence-corrected chi connectivity index (χ1v) is 15.1. The Morgan fingerprint density at radius 3 is 2.05 bits per heavy atom. The van der Waals surface area contributed by atoms with Crippen molar-refractivity contribution in [1.29, 1.82) is 0 Å². The number of hydrogen-bond acceptors (Lipinski definition) is 4. The van der Waals surface area contributed by atoms with Gasteiger partial charge < -0.3 is 10.2 Å². The summed E-state index contributed by atoms with van der Waals surface area (Å²) in [5.41, 5.74) is 2.54. The van der Waals surface area contributed by atoms with Crippen LogP contribution in [0.3, 0.4) is 0 Å². The molecule has 40 heavy (non-hydrogen) atoms. The molecule has 0 saturated heterocycles. The Hall–Kier alpha value is -3.65. The molecule has 0 unspecified atom stereocenters. The summed E-state index contributed by atoms with van der Waals surface area (Å²) in [6.07, 6.45) is 0.959. The Morgan fingerprint density at radius 1 is 0.875 bits per heavy atom. The number of rotatable bonds is 11. The topological polar surface area (TPSA) is 86.8 Å². The zero-order valence-electron chi connectivity index (χ0n) is 24.3. The number of para-hydroxylation sites is 1. The minimum Gasteiger partial charge on any atom is -0.350 e. The fourth-order valence-electron chi connectivity index (χ4n) is 4.56. The molecular weight excluding hydrogens is 522 g/mol. The van der Waals surface area contributed by atoms with E-state index in [1.54, 1.807) is 36.4 Å². The molecule has 8 heteroatoms. The van der Waals surface area contributed by atoms with E-state index >= 15 is 0 Å². The van der Waals surface area contributed by atoms with Crippen LogP contribution >= 0.6 is 0 Å². The standard InChI is InChI=1S/C32H41N3O4S/c1-7-26-16-12-13-17-29(26)35(40(38,39)27-20-18-24(3)19-21-27)23-30(36)34(22-25-14-10-9-11-15-25)28(8-2)31(37)33-32(4,5)6/h9-21,28H,7-8,22-23H2,1-6H3,(H,33,37)/t28-/m1/s1. The average Bonchev–Trinajstić information content (AvgIpc) is 2.91. The van der Waals surface area contributed by atoms with Crippen molar-refractivity contribution in [2.75, 3.05) is 10.8 Å². The van der Waals surface area contributed by atoms with E-state index in [0.29, 0.717) is 18.5 Å². The molecule has 0 radical (unpaired) electrons. The van der Waals surface area contributed by atoms with Crippen LogP contribution in [0.25, 0.3) is 0 Å². The van der Waals surface area contributed by atoms with Crippen LogP contribution in [0.15, 0.2) is 83.8 Å². The largest absolute Gasteiger partial charge is 0.350 e. The van der Waals surface area contributed by atoms with E-state index in [-0.39, 0.29) is 17.3 Å². The van der Waals surface area contributed by atoms with Crippen molar-refractivity contribution in [2.45, 2.75) is 77.4 Å². The van der Waals surface area contributed by atoms with Gasteiger partial charge in [0.05, 0.1) is 10.6 Å². The van der Waals surface area contributed by atoms with Crippen molar-refractivity contribution in [3.8, 4) is 0 Å². The first-order valence-electron chi connectivity index (χ1n) is 13.7. The molecule has 0 bridgehead atoms. The number of sulfonamides is 1. The van der Waals surface area contributed by atoms with E-state index in [4.69, 9.17) is 0 Å². The van der Waals surface area contributed by atoms with Crippen LogP contribution in [0.4, 0.5) is 5.69 Å². The average molecular weight is 564 g/mol. The first-order chi connectivity index (χ1) is 18.9. The van der Waals surface area contributed by atoms with Gasteiger partial charge in [-0.05, 0) is 69.9 Å². The van der Waals surface area contributed by atoms with Crippen LogP contribution in [0, 0.1) is 6.92 Å². The highest BCUT2D eigenvalue weighted by Gasteiger charge is 2.35. The van der Waals surface area contributed by atoms with Crippen LogP contribution < -0.4 is 9.62 Å². The molecular formula is C32H41N3O4S. The molecule has 0 aliphatic carbocycles. The number of nitrogens with zero attached hydrogens (tertiary/aromatic N) is 2. The second kappa shape index (κ2) is 13.1. The predicted octanol–water partition coefficient (Wildman–Crippen LogP) is 5.47. The molecule has 1 atom stereocenters. The van der Waals surface area contributed by atoms with E-state index in [1.807, 2.05) is 84.0 Å². The Morgan fingerprint density at radius 2 is 1.48 bits per heavy atom. The van der Waals surface area contributed by atoms with Crippen LogP contribution in [-0.4, -0.2) is 43.3 Å². The first kappa shape index (κ1) is 30.9. The monoisotopic (exact) mass is 563 g/mol. The zero-order chi connectivity index (χ0) is 29.5. The van der Waals surface area contributed by atoms with E-state index < -0.39 is 34.1 Å². The molecule has 0 aliphatic rings. The van der Waals surface area contributed by atoms with Crippen LogP contribution in [0.2, 0.25) is 0 Å². The maximum absolute atomic E-state index is 14.2. The summed E-state index contributed by atoms with van der Waals surface area (Å²) in [5.74, 6) is -0.734. The van der Waals surface area contributed by atoms with Gasteiger partial charge in [0.25, 0.3) is 10.0 Å². The van der Waals surface area contributed by atoms with Gasteiger partial charge in [0.2, 0.25) is 11.8 Å². The number of hydrogen-bond donors (Lipinski definition) is 1. The highest BCUT2D eigenvalue weighted by Crippen LogP contribution is 2.28.